The number of ether oxygens (including phenoxy) is 4. The molecule has 6 rings (SSSR count). The highest BCUT2D eigenvalue weighted by molar-refractivity contribution is 6.08. The van der Waals surface area contributed by atoms with Gasteiger partial charge in [0.15, 0.2) is 17.0 Å². The monoisotopic (exact) mass is 470 g/mol. The molecule has 182 valence electrons. The fourth-order valence-electron chi connectivity index (χ4n) is 8.72. The number of fused-ring (bicyclic) bond motifs is 1. The molecule has 0 N–H and O–H groups in total. The smallest absolute Gasteiger partial charge is 0.415 e. The van der Waals surface area contributed by atoms with E-state index < -0.39 is 28.9 Å². The summed E-state index contributed by atoms with van der Waals surface area (Å²) in [6.07, 6.45) is 2.86. The SMILES string of the molecule is COC(=O)N1c2c(ccc(OC)c2OC)[C@]23C4CN5CCC[C@@](CC[C@]12C(=O)OC)(CC4=O)[C@H]53. The van der Waals surface area contributed by atoms with E-state index in [4.69, 9.17) is 18.9 Å². The number of benzene rings is 1. The van der Waals surface area contributed by atoms with Gasteiger partial charge in [0.1, 0.15) is 5.78 Å². The molecule has 5 atom stereocenters. The van der Waals surface area contributed by atoms with Crippen molar-refractivity contribution < 1.29 is 33.3 Å². The van der Waals surface area contributed by atoms with Crippen LogP contribution in [0.4, 0.5) is 10.5 Å². The molecule has 5 aliphatic rings. The Morgan fingerprint density at radius 1 is 1.03 bits per heavy atom. The van der Waals surface area contributed by atoms with E-state index >= 15 is 0 Å². The van der Waals surface area contributed by atoms with Gasteiger partial charge in [-0.3, -0.25) is 14.6 Å². The fourth-order valence-corrected chi connectivity index (χ4v) is 8.72. The normalized spacial score (nSPS) is 37.1. The maximum absolute atomic E-state index is 14.0. The number of amides is 1. The first-order valence-corrected chi connectivity index (χ1v) is 11.9. The summed E-state index contributed by atoms with van der Waals surface area (Å²) in [5, 5.41) is 0. The van der Waals surface area contributed by atoms with Crippen LogP contribution in [0.3, 0.4) is 0 Å². The maximum Gasteiger partial charge on any atom is 0.415 e. The second kappa shape index (κ2) is 6.87. The molecule has 0 aromatic heterocycles. The van der Waals surface area contributed by atoms with Gasteiger partial charge in [-0.15, -0.1) is 0 Å². The van der Waals surface area contributed by atoms with Crippen molar-refractivity contribution in [2.45, 2.75) is 49.1 Å². The Morgan fingerprint density at radius 2 is 1.82 bits per heavy atom. The third kappa shape index (κ3) is 2.06. The van der Waals surface area contributed by atoms with Gasteiger partial charge in [-0.1, -0.05) is 6.07 Å². The summed E-state index contributed by atoms with van der Waals surface area (Å²) >= 11 is 0. The topological polar surface area (TPSA) is 94.6 Å². The van der Waals surface area contributed by atoms with Gasteiger partial charge < -0.3 is 18.9 Å². The Hall–Kier alpha value is -2.81. The van der Waals surface area contributed by atoms with Crippen LogP contribution in [0.1, 0.15) is 37.7 Å². The van der Waals surface area contributed by atoms with E-state index in [2.05, 4.69) is 4.90 Å². The van der Waals surface area contributed by atoms with Crippen LogP contribution in [0.2, 0.25) is 0 Å². The average Bonchev–Trinajstić information content (AvgIpc) is 3.32. The second-order valence-electron chi connectivity index (χ2n) is 10.3. The first-order valence-electron chi connectivity index (χ1n) is 11.9. The molecule has 1 amide bonds. The number of carbonyl (C=O) groups excluding carboxylic acids is 3. The standard InChI is InChI=1S/C25H30N2O7/c1-31-17-7-6-14-18(19(17)32-2)27(22(30)34-4)24(21(29)33-3)10-9-23-8-5-11-26-13-15(16(28)12-23)25(14,24)20(23)26/h6-7,15,20H,5,8-13H2,1-4H3/t15?,20-,23+,24+,25+/m0/s1. The third-order valence-corrected chi connectivity index (χ3v) is 9.50. The number of nitrogens with zero attached hydrogens (tertiary/aromatic N) is 2. The molecule has 2 aliphatic carbocycles. The lowest BCUT2D eigenvalue weighted by molar-refractivity contribution is -0.166. The highest BCUT2D eigenvalue weighted by atomic mass is 16.6. The van der Waals surface area contributed by atoms with E-state index in [0.29, 0.717) is 43.0 Å². The minimum Gasteiger partial charge on any atom is -0.493 e. The first-order chi connectivity index (χ1) is 16.4. The van der Waals surface area contributed by atoms with E-state index in [1.807, 2.05) is 6.07 Å². The highest BCUT2D eigenvalue weighted by Gasteiger charge is 2.84. The number of esters is 1. The van der Waals surface area contributed by atoms with Crippen molar-refractivity contribution in [2.24, 2.45) is 11.3 Å². The van der Waals surface area contributed by atoms with Crippen molar-refractivity contribution >= 4 is 23.5 Å². The van der Waals surface area contributed by atoms with Crippen LogP contribution in [0.15, 0.2) is 12.1 Å². The molecule has 1 spiro atoms. The van der Waals surface area contributed by atoms with E-state index in [-0.39, 0.29) is 17.2 Å². The van der Waals surface area contributed by atoms with E-state index in [1.54, 1.807) is 6.07 Å². The number of methoxy groups -OCH3 is 4. The second-order valence-corrected chi connectivity index (χ2v) is 10.3. The van der Waals surface area contributed by atoms with Crippen LogP contribution < -0.4 is 14.4 Å². The number of rotatable bonds is 3. The molecule has 1 aromatic rings. The lowest BCUT2D eigenvalue weighted by Crippen LogP contribution is -2.78. The van der Waals surface area contributed by atoms with E-state index in [0.717, 1.165) is 24.9 Å². The van der Waals surface area contributed by atoms with E-state index in [1.165, 1.54) is 33.3 Å². The molecule has 34 heavy (non-hydrogen) atoms. The summed E-state index contributed by atoms with van der Waals surface area (Å²) in [7, 11) is 5.69. The predicted molar refractivity (Wildman–Crippen MR) is 120 cm³/mol. The molecule has 3 aliphatic heterocycles. The summed E-state index contributed by atoms with van der Waals surface area (Å²) in [5.74, 6) is 0.00514. The zero-order valence-electron chi connectivity index (χ0n) is 20.0. The minimum absolute atomic E-state index is 0.0594. The molecule has 1 unspecified atom stereocenters. The van der Waals surface area contributed by atoms with Crippen LogP contribution in [0.25, 0.3) is 0 Å². The Balaban J connectivity index is 1.77. The third-order valence-electron chi connectivity index (χ3n) is 9.50. The zero-order valence-corrected chi connectivity index (χ0v) is 20.0. The molecule has 9 heteroatoms. The Kier molecular flexibility index (Phi) is 4.39. The van der Waals surface area contributed by atoms with Gasteiger partial charge in [-0.05, 0) is 49.3 Å². The Labute approximate surface area is 198 Å². The Morgan fingerprint density at radius 3 is 2.50 bits per heavy atom. The number of hydrogen-bond donors (Lipinski definition) is 0. The fraction of sp³-hybridized carbons (Fsp3) is 0.640. The number of anilines is 1. The summed E-state index contributed by atoms with van der Waals surface area (Å²) in [6.45, 7) is 1.45. The lowest BCUT2D eigenvalue weighted by Gasteiger charge is -2.64. The number of ketones is 1. The van der Waals surface area contributed by atoms with Crippen LogP contribution in [0, 0.1) is 11.3 Å². The van der Waals surface area contributed by atoms with Crippen LogP contribution in [0.5, 0.6) is 11.5 Å². The number of piperidine rings is 1. The zero-order chi connectivity index (χ0) is 24.0. The lowest BCUT2D eigenvalue weighted by atomic mass is 9.41. The van der Waals surface area contributed by atoms with Gasteiger partial charge in [0.2, 0.25) is 0 Å². The maximum atomic E-state index is 14.0. The van der Waals surface area contributed by atoms with Gasteiger partial charge in [0.05, 0.1) is 39.5 Å². The molecule has 4 fully saturated rings. The average molecular weight is 471 g/mol. The molecule has 3 heterocycles. The Bertz CT molecular complexity index is 1120. The van der Waals surface area contributed by atoms with Gasteiger partial charge >= 0.3 is 12.1 Å². The van der Waals surface area contributed by atoms with Crippen molar-refractivity contribution in [3.05, 3.63) is 17.7 Å². The quantitative estimate of drug-likeness (QED) is 0.621. The van der Waals surface area contributed by atoms with Crippen molar-refractivity contribution in [1.29, 1.82) is 0 Å². The number of hydrogen-bond acceptors (Lipinski definition) is 8. The summed E-state index contributed by atoms with van der Waals surface area (Å²) in [6, 6.07) is 3.66. The van der Waals surface area contributed by atoms with Gasteiger partial charge in [-0.25, -0.2) is 9.59 Å². The van der Waals surface area contributed by atoms with Crippen LogP contribution in [-0.4, -0.2) is 75.9 Å². The molecule has 1 aromatic carbocycles. The predicted octanol–water partition coefficient (Wildman–Crippen LogP) is 2.29. The first kappa shape index (κ1) is 21.7. The van der Waals surface area contributed by atoms with Crippen LogP contribution >= 0.6 is 0 Å². The van der Waals surface area contributed by atoms with Crippen molar-refractivity contribution in [2.75, 3.05) is 46.4 Å². The number of Topliss-reactive ketones (excluding diaryl/α,β-unsaturated/α-hetero) is 1. The highest BCUT2D eigenvalue weighted by Crippen LogP contribution is 2.75. The molecule has 4 bridgehead atoms. The minimum atomic E-state index is -1.42. The van der Waals surface area contributed by atoms with Gasteiger partial charge in [-0.2, -0.15) is 0 Å². The van der Waals surface area contributed by atoms with Gasteiger partial charge in [0, 0.05) is 24.9 Å². The molecule has 0 radical (unpaired) electrons. The molecule has 9 nitrogen and oxygen atoms in total. The summed E-state index contributed by atoms with van der Waals surface area (Å²) < 4.78 is 22.1. The largest absolute Gasteiger partial charge is 0.493 e. The molecular weight excluding hydrogens is 440 g/mol. The number of carbonyl (C=O) groups is 3. The van der Waals surface area contributed by atoms with E-state index in [9.17, 15) is 14.4 Å². The van der Waals surface area contributed by atoms with Gasteiger partial charge in [0.25, 0.3) is 0 Å². The summed E-state index contributed by atoms with van der Waals surface area (Å²) in [5.41, 5.74) is -1.37. The molecule has 2 saturated carbocycles. The van der Waals surface area contributed by atoms with Crippen molar-refractivity contribution in [3.63, 3.8) is 0 Å². The molecular formula is C25H30N2O7. The van der Waals surface area contributed by atoms with Crippen molar-refractivity contribution in [3.8, 4) is 11.5 Å². The summed E-state index contributed by atoms with van der Waals surface area (Å²) in [4.78, 5) is 45.2. The van der Waals surface area contributed by atoms with Crippen molar-refractivity contribution in [1.82, 2.24) is 4.90 Å². The molecule has 2 saturated heterocycles. The van der Waals surface area contributed by atoms with Crippen LogP contribution in [-0.2, 0) is 24.5 Å².